The second-order valence-corrected chi connectivity index (χ2v) is 6.68. The Kier molecular flexibility index (Phi) is 7.51. The van der Waals surface area contributed by atoms with Gasteiger partial charge >= 0.3 is 6.09 Å². The molecule has 0 aliphatic heterocycles. The van der Waals surface area contributed by atoms with Crippen LogP contribution in [0.4, 0.5) is 10.5 Å². The summed E-state index contributed by atoms with van der Waals surface area (Å²) in [7, 11) is 1.53. The summed E-state index contributed by atoms with van der Waals surface area (Å²) in [5, 5.41) is 16.0. The Morgan fingerprint density at radius 2 is 1.94 bits per heavy atom. The van der Waals surface area contributed by atoms with Gasteiger partial charge in [-0.1, -0.05) is 12.1 Å². The fraction of sp³-hybridized carbons (Fsp3) is 0.217. The number of rotatable bonds is 8. The molecule has 1 aromatic heterocycles. The Labute approximate surface area is 179 Å². The van der Waals surface area contributed by atoms with Crippen LogP contribution in [-0.2, 0) is 22.3 Å². The molecule has 3 aromatic rings. The van der Waals surface area contributed by atoms with Crippen molar-refractivity contribution in [1.82, 2.24) is 9.78 Å². The van der Waals surface area contributed by atoms with Crippen LogP contribution in [0.25, 0.3) is 5.69 Å². The first-order valence-electron chi connectivity index (χ1n) is 9.70. The molecule has 0 fully saturated rings. The standard InChI is InChI=1S/C23H22N4O4/c1-30-13-14-31-23(29)25-19-4-2-3-17(15-19)7-10-21-22(28)11-12-27(26-21)20-8-5-18(16-24)6-9-20/h2-6,8-9,11-12,15H,7,10,13-14H2,1H3,(H,25,29). The Hall–Kier alpha value is -3.96. The number of ether oxygens (including phenoxy) is 2. The van der Waals surface area contributed by atoms with Crippen molar-refractivity contribution in [3.8, 4) is 11.8 Å². The second kappa shape index (κ2) is 10.7. The molecule has 8 nitrogen and oxygen atoms in total. The average Bonchev–Trinajstić information content (AvgIpc) is 2.79. The van der Waals surface area contributed by atoms with Crippen LogP contribution in [0.5, 0.6) is 0 Å². The molecule has 0 radical (unpaired) electrons. The van der Waals surface area contributed by atoms with E-state index in [-0.39, 0.29) is 12.0 Å². The predicted octanol–water partition coefficient (Wildman–Crippen LogP) is 3.08. The SMILES string of the molecule is COCCOC(=O)Nc1cccc(CCc2nn(-c3ccc(C#N)cc3)ccc2=O)c1. The second-order valence-electron chi connectivity index (χ2n) is 6.68. The lowest BCUT2D eigenvalue weighted by Crippen LogP contribution is -2.17. The molecule has 1 heterocycles. The van der Waals surface area contributed by atoms with E-state index < -0.39 is 6.09 Å². The fourth-order valence-corrected chi connectivity index (χ4v) is 2.89. The van der Waals surface area contributed by atoms with Crippen LogP contribution in [0.1, 0.15) is 16.8 Å². The molecule has 31 heavy (non-hydrogen) atoms. The van der Waals surface area contributed by atoms with Crippen molar-refractivity contribution < 1.29 is 14.3 Å². The molecular formula is C23H22N4O4. The van der Waals surface area contributed by atoms with Crippen molar-refractivity contribution in [3.63, 3.8) is 0 Å². The minimum Gasteiger partial charge on any atom is -0.447 e. The van der Waals surface area contributed by atoms with Crippen molar-refractivity contribution in [1.29, 1.82) is 5.26 Å². The molecule has 0 saturated heterocycles. The normalized spacial score (nSPS) is 10.3. The lowest BCUT2D eigenvalue weighted by Gasteiger charge is -2.09. The Morgan fingerprint density at radius 1 is 1.13 bits per heavy atom. The summed E-state index contributed by atoms with van der Waals surface area (Å²) in [4.78, 5) is 24.0. The quantitative estimate of drug-likeness (QED) is 0.564. The number of methoxy groups -OCH3 is 1. The van der Waals surface area contributed by atoms with Gasteiger partial charge in [0.1, 0.15) is 12.3 Å². The Balaban J connectivity index is 1.66. The van der Waals surface area contributed by atoms with Crippen molar-refractivity contribution in [2.24, 2.45) is 0 Å². The summed E-state index contributed by atoms with van der Waals surface area (Å²) in [6.07, 6.45) is 2.07. The van der Waals surface area contributed by atoms with E-state index in [2.05, 4.69) is 16.5 Å². The number of hydrogen-bond donors (Lipinski definition) is 1. The van der Waals surface area contributed by atoms with Crippen LogP contribution in [0.2, 0.25) is 0 Å². The van der Waals surface area contributed by atoms with E-state index in [4.69, 9.17) is 14.7 Å². The van der Waals surface area contributed by atoms with E-state index in [0.29, 0.717) is 36.4 Å². The third kappa shape index (κ3) is 6.26. The molecule has 0 unspecified atom stereocenters. The minimum absolute atomic E-state index is 0.138. The summed E-state index contributed by atoms with van der Waals surface area (Å²) >= 11 is 0. The zero-order chi connectivity index (χ0) is 22.1. The summed E-state index contributed by atoms with van der Waals surface area (Å²) in [5.41, 5.74) is 3.17. The third-order valence-electron chi connectivity index (χ3n) is 4.49. The highest BCUT2D eigenvalue weighted by Gasteiger charge is 2.07. The van der Waals surface area contributed by atoms with E-state index in [1.165, 1.54) is 13.2 Å². The van der Waals surface area contributed by atoms with Crippen molar-refractivity contribution >= 4 is 11.8 Å². The molecule has 0 aliphatic rings. The molecular weight excluding hydrogens is 396 g/mol. The lowest BCUT2D eigenvalue weighted by atomic mass is 10.1. The van der Waals surface area contributed by atoms with Crippen molar-refractivity contribution in [3.05, 3.63) is 87.8 Å². The summed E-state index contributed by atoms with van der Waals surface area (Å²) in [6, 6.07) is 17.9. The van der Waals surface area contributed by atoms with Gasteiger partial charge in [-0.2, -0.15) is 10.4 Å². The first-order valence-corrected chi connectivity index (χ1v) is 9.70. The number of carbonyl (C=O) groups is 1. The van der Waals surface area contributed by atoms with Gasteiger partial charge in [-0.3, -0.25) is 10.1 Å². The van der Waals surface area contributed by atoms with Gasteiger partial charge in [0, 0.05) is 25.1 Å². The van der Waals surface area contributed by atoms with Gasteiger partial charge in [0.25, 0.3) is 0 Å². The molecule has 3 rings (SSSR count). The van der Waals surface area contributed by atoms with E-state index in [0.717, 1.165) is 11.3 Å². The maximum absolute atomic E-state index is 12.3. The summed E-state index contributed by atoms with van der Waals surface area (Å²) in [6.45, 7) is 0.505. The van der Waals surface area contributed by atoms with E-state index in [1.54, 1.807) is 41.2 Å². The Bertz CT molecular complexity index is 1130. The van der Waals surface area contributed by atoms with Gasteiger partial charge in [-0.15, -0.1) is 0 Å². The van der Waals surface area contributed by atoms with Crippen LogP contribution in [0.15, 0.2) is 65.6 Å². The van der Waals surface area contributed by atoms with Gasteiger partial charge < -0.3 is 9.47 Å². The number of benzene rings is 2. The van der Waals surface area contributed by atoms with Crippen molar-refractivity contribution in [2.45, 2.75) is 12.8 Å². The molecule has 8 heteroatoms. The molecule has 1 N–H and O–H groups in total. The van der Waals surface area contributed by atoms with E-state index in [1.807, 2.05) is 18.2 Å². The third-order valence-corrected chi connectivity index (χ3v) is 4.49. The highest BCUT2D eigenvalue weighted by Crippen LogP contribution is 2.13. The van der Waals surface area contributed by atoms with Gasteiger partial charge in [-0.05, 0) is 54.8 Å². The van der Waals surface area contributed by atoms with Crippen LogP contribution in [0.3, 0.4) is 0 Å². The lowest BCUT2D eigenvalue weighted by molar-refractivity contribution is 0.107. The highest BCUT2D eigenvalue weighted by atomic mass is 16.6. The molecule has 0 aliphatic carbocycles. The monoisotopic (exact) mass is 418 g/mol. The largest absolute Gasteiger partial charge is 0.447 e. The van der Waals surface area contributed by atoms with Crippen LogP contribution in [-0.4, -0.2) is 36.2 Å². The average molecular weight is 418 g/mol. The number of aromatic nitrogens is 2. The number of nitrogens with zero attached hydrogens (tertiary/aromatic N) is 3. The molecule has 0 atom stereocenters. The number of nitriles is 1. The number of amides is 1. The van der Waals surface area contributed by atoms with Gasteiger partial charge in [0.05, 0.1) is 23.9 Å². The molecule has 1 amide bonds. The predicted molar refractivity (Wildman–Crippen MR) is 115 cm³/mol. The summed E-state index contributed by atoms with van der Waals surface area (Å²) in [5.74, 6) is 0. The van der Waals surface area contributed by atoms with Gasteiger partial charge in [-0.25, -0.2) is 9.48 Å². The van der Waals surface area contributed by atoms with E-state index in [9.17, 15) is 9.59 Å². The van der Waals surface area contributed by atoms with Crippen molar-refractivity contribution in [2.75, 3.05) is 25.6 Å². The van der Waals surface area contributed by atoms with Crippen LogP contribution in [0, 0.1) is 11.3 Å². The number of anilines is 1. The highest BCUT2D eigenvalue weighted by molar-refractivity contribution is 5.84. The smallest absolute Gasteiger partial charge is 0.411 e. The molecule has 0 saturated carbocycles. The van der Waals surface area contributed by atoms with Gasteiger partial charge in [0.2, 0.25) is 5.43 Å². The molecule has 158 valence electrons. The molecule has 0 spiro atoms. The number of aryl methyl sites for hydroxylation is 2. The zero-order valence-corrected chi connectivity index (χ0v) is 17.1. The molecule has 2 aromatic carbocycles. The van der Waals surface area contributed by atoms with Crippen LogP contribution >= 0.6 is 0 Å². The maximum atomic E-state index is 12.3. The number of nitrogens with one attached hydrogen (secondary N) is 1. The first-order chi connectivity index (χ1) is 15.1. The van der Waals surface area contributed by atoms with E-state index >= 15 is 0 Å². The van der Waals surface area contributed by atoms with Crippen LogP contribution < -0.4 is 10.7 Å². The maximum Gasteiger partial charge on any atom is 0.411 e. The fourth-order valence-electron chi connectivity index (χ4n) is 2.89. The zero-order valence-electron chi connectivity index (χ0n) is 17.1. The number of carbonyl (C=O) groups excluding carboxylic acids is 1. The van der Waals surface area contributed by atoms with Gasteiger partial charge in [0.15, 0.2) is 0 Å². The molecule has 0 bridgehead atoms. The number of hydrogen-bond acceptors (Lipinski definition) is 6. The topological polar surface area (TPSA) is 106 Å². The first kappa shape index (κ1) is 21.7. The minimum atomic E-state index is -0.552. The Morgan fingerprint density at radius 3 is 2.68 bits per heavy atom. The summed E-state index contributed by atoms with van der Waals surface area (Å²) < 4.78 is 11.5.